The van der Waals surface area contributed by atoms with Crippen LogP contribution < -0.4 is 14.8 Å². The average Bonchev–Trinajstić information content (AvgIpc) is 2.63. The van der Waals surface area contributed by atoms with Crippen LogP contribution in [0.15, 0.2) is 40.6 Å². The molecule has 2 rings (SSSR count). The zero-order valence-corrected chi connectivity index (χ0v) is 17.3. The molecule has 0 aromatic heterocycles. The second-order valence-corrected chi connectivity index (χ2v) is 6.62. The molecule has 1 amide bonds. The lowest BCUT2D eigenvalue weighted by Crippen LogP contribution is -2.32. The molecule has 7 nitrogen and oxygen atoms in total. The summed E-state index contributed by atoms with van der Waals surface area (Å²) in [6.07, 6.45) is 0. The number of carbonyl (C=O) groups excluding carboxylic acids is 2. The van der Waals surface area contributed by atoms with Crippen molar-refractivity contribution in [2.24, 2.45) is 10.2 Å². The van der Waals surface area contributed by atoms with E-state index in [1.807, 2.05) is 6.92 Å². The highest BCUT2D eigenvalue weighted by atomic mass is 35.5. The molecule has 0 heterocycles. The molecule has 0 radical (unpaired) electrons. The van der Waals surface area contributed by atoms with E-state index < -0.39 is 17.7 Å². The molecule has 0 aliphatic rings. The van der Waals surface area contributed by atoms with Crippen molar-refractivity contribution in [3.8, 4) is 11.5 Å². The van der Waals surface area contributed by atoms with Gasteiger partial charge in [0, 0.05) is 0 Å². The predicted molar refractivity (Wildman–Crippen MR) is 108 cm³/mol. The maximum atomic E-state index is 12.6. The van der Waals surface area contributed by atoms with E-state index in [-0.39, 0.29) is 16.5 Å². The van der Waals surface area contributed by atoms with Gasteiger partial charge in [-0.05, 0) is 43.7 Å². The van der Waals surface area contributed by atoms with Crippen molar-refractivity contribution in [2.45, 2.75) is 19.9 Å². The van der Waals surface area contributed by atoms with Gasteiger partial charge < -0.3 is 14.8 Å². The molecule has 0 saturated heterocycles. The Morgan fingerprint density at radius 3 is 2.39 bits per heavy atom. The van der Waals surface area contributed by atoms with Gasteiger partial charge in [0.1, 0.15) is 16.5 Å². The first-order valence-electron chi connectivity index (χ1n) is 8.17. The van der Waals surface area contributed by atoms with Crippen LogP contribution in [0.5, 0.6) is 11.5 Å². The van der Waals surface area contributed by atoms with Crippen molar-refractivity contribution in [3.05, 3.63) is 45.9 Å². The van der Waals surface area contributed by atoms with Crippen LogP contribution in [0.4, 0.5) is 11.4 Å². The number of hydrogen-bond donors (Lipinski definition) is 1. The fourth-order valence-electron chi connectivity index (χ4n) is 2.33. The molecular formula is C19H19Cl2N3O4. The number of aryl methyl sites for hydroxylation is 1. The first-order valence-corrected chi connectivity index (χ1v) is 8.92. The highest BCUT2D eigenvalue weighted by Crippen LogP contribution is 2.40. The van der Waals surface area contributed by atoms with E-state index in [1.54, 1.807) is 30.3 Å². The van der Waals surface area contributed by atoms with Gasteiger partial charge in [0.2, 0.25) is 6.04 Å². The quantitative estimate of drug-likeness (QED) is 0.501. The summed E-state index contributed by atoms with van der Waals surface area (Å²) in [5, 5.41) is 11.0. The van der Waals surface area contributed by atoms with Gasteiger partial charge in [-0.3, -0.25) is 9.59 Å². The molecule has 1 N–H and O–H groups in total. The molecule has 0 aliphatic heterocycles. The number of halogens is 2. The lowest BCUT2D eigenvalue weighted by atomic mass is 10.2. The van der Waals surface area contributed by atoms with E-state index in [1.165, 1.54) is 21.1 Å². The number of nitrogens with one attached hydrogen (secondary N) is 1. The Morgan fingerprint density at radius 1 is 1.11 bits per heavy atom. The molecule has 2 aromatic carbocycles. The van der Waals surface area contributed by atoms with Gasteiger partial charge in [-0.25, -0.2) is 0 Å². The van der Waals surface area contributed by atoms with Crippen molar-refractivity contribution in [1.29, 1.82) is 0 Å². The largest absolute Gasteiger partial charge is 0.495 e. The Bertz CT molecular complexity index is 932. The highest BCUT2D eigenvalue weighted by molar-refractivity contribution is 6.34. The first-order chi connectivity index (χ1) is 13.3. The molecule has 0 aliphatic carbocycles. The Labute approximate surface area is 172 Å². The molecule has 148 valence electrons. The summed E-state index contributed by atoms with van der Waals surface area (Å²) in [7, 11) is 2.86. The molecule has 0 bridgehead atoms. The number of amides is 1. The van der Waals surface area contributed by atoms with E-state index in [0.29, 0.717) is 16.5 Å². The molecule has 28 heavy (non-hydrogen) atoms. The fraction of sp³-hybridized carbons (Fsp3) is 0.263. The standard InChI is InChI=1S/C19H19Cl2N3O4/c1-10-5-6-13(12(20)9-10)23-24-17(11(2)25)19(26)22-14-7-8-15(27-3)16(21)18(14)28-4/h5-9,17H,1-4H3,(H,22,26). The van der Waals surface area contributed by atoms with Crippen LogP contribution in [0.2, 0.25) is 10.0 Å². The summed E-state index contributed by atoms with van der Waals surface area (Å²) in [5.74, 6) is -0.578. The topological polar surface area (TPSA) is 89.4 Å². The maximum absolute atomic E-state index is 12.6. The van der Waals surface area contributed by atoms with Crippen molar-refractivity contribution in [3.63, 3.8) is 0 Å². The van der Waals surface area contributed by atoms with Crippen LogP contribution in [0.1, 0.15) is 12.5 Å². The summed E-state index contributed by atoms with van der Waals surface area (Å²) in [5.41, 5.74) is 1.58. The van der Waals surface area contributed by atoms with E-state index in [0.717, 1.165) is 5.56 Å². The van der Waals surface area contributed by atoms with E-state index in [9.17, 15) is 9.59 Å². The lowest BCUT2D eigenvalue weighted by Gasteiger charge is -2.15. The van der Waals surface area contributed by atoms with Crippen LogP contribution in [-0.4, -0.2) is 32.0 Å². The third kappa shape index (κ3) is 4.99. The van der Waals surface area contributed by atoms with Crippen LogP contribution in [0.3, 0.4) is 0 Å². The lowest BCUT2D eigenvalue weighted by molar-refractivity contribution is -0.126. The Kier molecular flexibility index (Phi) is 7.37. The third-order valence-corrected chi connectivity index (χ3v) is 4.42. The number of nitrogens with zero attached hydrogens (tertiary/aromatic N) is 2. The van der Waals surface area contributed by atoms with E-state index >= 15 is 0 Å². The van der Waals surface area contributed by atoms with Crippen LogP contribution in [0, 0.1) is 6.92 Å². The minimum absolute atomic E-state index is 0.190. The summed E-state index contributed by atoms with van der Waals surface area (Å²) < 4.78 is 10.3. The highest BCUT2D eigenvalue weighted by Gasteiger charge is 2.25. The smallest absolute Gasteiger partial charge is 0.258 e. The third-order valence-electron chi connectivity index (χ3n) is 3.76. The summed E-state index contributed by atoms with van der Waals surface area (Å²) in [6, 6.07) is 6.92. The van der Waals surface area contributed by atoms with Gasteiger partial charge in [0.05, 0.1) is 24.9 Å². The van der Waals surface area contributed by atoms with Crippen molar-refractivity contribution in [1.82, 2.24) is 0 Å². The van der Waals surface area contributed by atoms with Crippen molar-refractivity contribution >= 4 is 46.3 Å². The second-order valence-electron chi connectivity index (χ2n) is 5.84. The van der Waals surface area contributed by atoms with Gasteiger partial charge in [-0.2, -0.15) is 10.2 Å². The number of azo groups is 1. The van der Waals surface area contributed by atoms with Crippen LogP contribution in [0.25, 0.3) is 0 Å². The van der Waals surface area contributed by atoms with Crippen molar-refractivity contribution in [2.75, 3.05) is 19.5 Å². The maximum Gasteiger partial charge on any atom is 0.258 e. The van der Waals surface area contributed by atoms with Crippen LogP contribution in [-0.2, 0) is 9.59 Å². The van der Waals surface area contributed by atoms with Gasteiger partial charge >= 0.3 is 0 Å². The zero-order valence-electron chi connectivity index (χ0n) is 15.7. The molecule has 0 saturated carbocycles. The molecule has 2 aromatic rings. The summed E-state index contributed by atoms with van der Waals surface area (Å²) >= 11 is 12.3. The summed E-state index contributed by atoms with van der Waals surface area (Å²) in [6.45, 7) is 3.13. The minimum atomic E-state index is -1.36. The zero-order chi connectivity index (χ0) is 20.8. The van der Waals surface area contributed by atoms with Crippen LogP contribution >= 0.6 is 23.2 Å². The van der Waals surface area contributed by atoms with Gasteiger partial charge in [-0.15, -0.1) is 0 Å². The molecule has 1 atom stereocenters. The Morgan fingerprint density at radius 2 is 1.82 bits per heavy atom. The minimum Gasteiger partial charge on any atom is -0.495 e. The number of methoxy groups -OCH3 is 2. The first kappa shape index (κ1) is 21.7. The normalized spacial score (nSPS) is 11.9. The fourth-order valence-corrected chi connectivity index (χ4v) is 2.92. The number of ether oxygens (including phenoxy) is 2. The number of anilines is 1. The monoisotopic (exact) mass is 423 g/mol. The SMILES string of the molecule is COc1ccc(NC(=O)C(N=Nc2ccc(C)cc2Cl)C(C)=O)c(OC)c1Cl. The van der Waals surface area contributed by atoms with Gasteiger partial charge in [0.15, 0.2) is 11.5 Å². The van der Waals surface area contributed by atoms with Gasteiger partial charge in [0.25, 0.3) is 5.91 Å². The average molecular weight is 424 g/mol. The number of ketones is 1. The molecule has 0 fully saturated rings. The Balaban J connectivity index is 2.28. The van der Waals surface area contributed by atoms with Crippen molar-refractivity contribution < 1.29 is 19.1 Å². The number of Topliss-reactive ketones (excluding diaryl/α,β-unsaturated/α-hetero) is 1. The second kappa shape index (κ2) is 9.52. The van der Waals surface area contributed by atoms with E-state index in [4.69, 9.17) is 32.7 Å². The number of hydrogen-bond acceptors (Lipinski definition) is 6. The predicted octanol–water partition coefficient (Wildman–Crippen LogP) is 5.00. The molecular weight excluding hydrogens is 405 g/mol. The number of rotatable bonds is 7. The molecule has 9 heteroatoms. The van der Waals surface area contributed by atoms with E-state index in [2.05, 4.69) is 15.5 Å². The summed E-state index contributed by atoms with van der Waals surface area (Å²) in [4.78, 5) is 24.5. The molecule has 0 spiro atoms. The van der Waals surface area contributed by atoms with Gasteiger partial charge in [-0.1, -0.05) is 29.3 Å². The Hall–Kier alpha value is -2.64. The number of benzene rings is 2. The molecule has 1 unspecified atom stereocenters. The number of carbonyl (C=O) groups is 2.